The summed E-state index contributed by atoms with van der Waals surface area (Å²) >= 11 is 1.37. The second-order valence-corrected chi connectivity index (χ2v) is 7.84. The largest absolute Gasteiger partial charge is 0.334 e. The van der Waals surface area contributed by atoms with E-state index >= 15 is 0 Å². The molecule has 132 valence electrons. The van der Waals surface area contributed by atoms with Crippen LogP contribution in [0.4, 0.5) is 4.79 Å². The Labute approximate surface area is 150 Å². The maximum atomic E-state index is 12.6. The smallest absolute Gasteiger partial charge is 0.317 e. The lowest BCUT2D eigenvalue weighted by atomic mass is 9.85. The number of hydrogen-bond acceptors (Lipinski definition) is 4. The van der Waals surface area contributed by atoms with Crippen molar-refractivity contribution in [3.05, 3.63) is 57.3 Å². The van der Waals surface area contributed by atoms with Crippen LogP contribution in [0.15, 0.2) is 36.4 Å². The molecule has 6 nitrogen and oxygen atoms in total. The Kier molecular flexibility index (Phi) is 4.78. The van der Waals surface area contributed by atoms with Crippen LogP contribution in [0, 0.1) is 0 Å². The predicted molar refractivity (Wildman–Crippen MR) is 95.7 cm³/mol. The van der Waals surface area contributed by atoms with Crippen LogP contribution in [0.2, 0.25) is 0 Å². The number of urea groups is 1. The van der Waals surface area contributed by atoms with Crippen molar-refractivity contribution in [2.45, 2.75) is 32.4 Å². The summed E-state index contributed by atoms with van der Waals surface area (Å²) in [5.41, 5.74) is 3.42. The van der Waals surface area contributed by atoms with E-state index in [4.69, 9.17) is 5.21 Å². The molecule has 1 aromatic carbocycles. The number of nitrogens with one attached hydrogen (secondary N) is 2. The summed E-state index contributed by atoms with van der Waals surface area (Å²) in [6.07, 6.45) is 0. The van der Waals surface area contributed by atoms with Gasteiger partial charge in [-0.05, 0) is 17.2 Å². The maximum absolute atomic E-state index is 12.6. The number of nitrogens with zero attached hydrogens (tertiary/aromatic N) is 1. The van der Waals surface area contributed by atoms with Crippen LogP contribution in [-0.4, -0.2) is 28.6 Å². The standard InChI is InChI=1S/C18H21N3O3S/c1-18(2)11-21(17(23)19-9-12-6-4-3-5-7-12)10-13-8-14(16(22)20-24)25-15(13)18/h3-8,24H,9-11H2,1-2H3,(H,19,23)(H,20,22). The number of amides is 3. The van der Waals surface area contributed by atoms with Crippen molar-refractivity contribution in [2.75, 3.05) is 6.54 Å². The highest BCUT2D eigenvalue weighted by atomic mass is 32.1. The van der Waals surface area contributed by atoms with Crippen LogP contribution >= 0.6 is 11.3 Å². The minimum absolute atomic E-state index is 0.123. The Morgan fingerprint density at radius 2 is 2.00 bits per heavy atom. The highest BCUT2D eigenvalue weighted by molar-refractivity contribution is 7.14. The average molecular weight is 359 g/mol. The van der Waals surface area contributed by atoms with E-state index in [-0.39, 0.29) is 11.4 Å². The Bertz CT molecular complexity index is 786. The maximum Gasteiger partial charge on any atom is 0.317 e. The van der Waals surface area contributed by atoms with Gasteiger partial charge in [-0.15, -0.1) is 11.3 Å². The van der Waals surface area contributed by atoms with Crippen molar-refractivity contribution in [2.24, 2.45) is 0 Å². The van der Waals surface area contributed by atoms with Gasteiger partial charge in [0.25, 0.3) is 5.91 Å². The van der Waals surface area contributed by atoms with E-state index in [9.17, 15) is 9.59 Å². The zero-order valence-electron chi connectivity index (χ0n) is 14.2. The highest BCUT2D eigenvalue weighted by Gasteiger charge is 2.36. The first-order valence-electron chi connectivity index (χ1n) is 8.05. The van der Waals surface area contributed by atoms with Crippen LogP contribution in [-0.2, 0) is 18.5 Å². The number of hydrogen-bond donors (Lipinski definition) is 3. The molecular formula is C18H21N3O3S. The molecular weight excluding hydrogens is 338 g/mol. The Balaban J connectivity index is 1.73. The van der Waals surface area contributed by atoms with Crippen LogP contribution in [0.3, 0.4) is 0 Å². The zero-order valence-corrected chi connectivity index (χ0v) is 15.0. The highest BCUT2D eigenvalue weighted by Crippen LogP contribution is 2.39. The van der Waals surface area contributed by atoms with Gasteiger partial charge in [0.1, 0.15) is 0 Å². The third-order valence-electron chi connectivity index (χ3n) is 4.27. The van der Waals surface area contributed by atoms with Crippen molar-refractivity contribution in [1.82, 2.24) is 15.7 Å². The lowest BCUT2D eigenvalue weighted by Crippen LogP contribution is -2.48. The molecule has 0 spiro atoms. The second-order valence-electron chi connectivity index (χ2n) is 6.79. The van der Waals surface area contributed by atoms with Crippen LogP contribution in [0.25, 0.3) is 0 Å². The van der Waals surface area contributed by atoms with Crippen molar-refractivity contribution in [3.63, 3.8) is 0 Å². The summed E-state index contributed by atoms with van der Waals surface area (Å²) in [5.74, 6) is -0.518. The minimum Gasteiger partial charge on any atom is -0.334 e. The summed E-state index contributed by atoms with van der Waals surface area (Å²) in [6, 6.07) is 11.4. The normalized spacial score (nSPS) is 15.4. The van der Waals surface area contributed by atoms with Gasteiger partial charge in [-0.2, -0.15) is 0 Å². The molecule has 7 heteroatoms. The zero-order chi connectivity index (χ0) is 18.0. The summed E-state index contributed by atoms with van der Waals surface area (Å²) in [6.45, 7) is 5.61. The molecule has 2 heterocycles. The lowest BCUT2D eigenvalue weighted by Gasteiger charge is -2.37. The van der Waals surface area contributed by atoms with Gasteiger partial charge in [-0.3, -0.25) is 10.0 Å². The van der Waals surface area contributed by atoms with Gasteiger partial charge in [-0.25, -0.2) is 10.3 Å². The number of rotatable bonds is 3. The van der Waals surface area contributed by atoms with Gasteiger partial charge in [0.05, 0.1) is 4.88 Å². The Morgan fingerprint density at radius 1 is 1.28 bits per heavy atom. The van der Waals surface area contributed by atoms with Gasteiger partial charge in [0.15, 0.2) is 0 Å². The average Bonchev–Trinajstić information content (AvgIpc) is 3.04. The number of carbonyl (C=O) groups is 2. The quantitative estimate of drug-likeness (QED) is 0.582. The van der Waals surface area contributed by atoms with Crippen LogP contribution in [0.1, 0.15) is 39.5 Å². The van der Waals surface area contributed by atoms with E-state index in [1.165, 1.54) is 11.3 Å². The van der Waals surface area contributed by atoms with E-state index in [0.717, 1.165) is 16.0 Å². The molecule has 1 aliphatic heterocycles. The molecule has 0 aliphatic carbocycles. The number of benzene rings is 1. The Morgan fingerprint density at radius 3 is 2.68 bits per heavy atom. The first-order valence-corrected chi connectivity index (χ1v) is 8.86. The molecule has 0 fully saturated rings. The molecule has 0 atom stereocenters. The molecule has 25 heavy (non-hydrogen) atoms. The predicted octanol–water partition coefficient (Wildman–Crippen LogP) is 2.87. The lowest BCUT2D eigenvalue weighted by molar-refractivity contribution is 0.0711. The molecule has 1 aromatic heterocycles. The van der Waals surface area contributed by atoms with E-state index in [1.54, 1.807) is 16.4 Å². The van der Waals surface area contributed by atoms with Gasteiger partial charge in [0.2, 0.25) is 0 Å². The molecule has 0 bridgehead atoms. The SMILES string of the molecule is CC1(C)CN(C(=O)NCc2ccccc2)Cc2cc(C(=O)NO)sc21. The first-order chi connectivity index (χ1) is 11.9. The fourth-order valence-corrected chi connectivity index (χ4v) is 4.28. The molecule has 3 rings (SSSR count). The Hall–Kier alpha value is -2.38. The van der Waals surface area contributed by atoms with E-state index in [1.807, 2.05) is 30.3 Å². The minimum atomic E-state index is -0.518. The first kappa shape index (κ1) is 17.4. The van der Waals surface area contributed by atoms with Crippen molar-refractivity contribution >= 4 is 23.3 Å². The van der Waals surface area contributed by atoms with Gasteiger partial charge >= 0.3 is 6.03 Å². The van der Waals surface area contributed by atoms with Gasteiger partial charge in [-0.1, -0.05) is 44.2 Å². The van der Waals surface area contributed by atoms with E-state index in [2.05, 4.69) is 19.2 Å². The summed E-state index contributed by atoms with van der Waals surface area (Å²) in [7, 11) is 0. The van der Waals surface area contributed by atoms with Crippen molar-refractivity contribution in [3.8, 4) is 0 Å². The molecule has 0 saturated carbocycles. The topological polar surface area (TPSA) is 81.7 Å². The van der Waals surface area contributed by atoms with Crippen LogP contribution < -0.4 is 10.8 Å². The second kappa shape index (κ2) is 6.85. The molecule has 0 unspecified atom stereocenters. The van der Waals surface area contributed by atoms with Crippen molar-refractivity contribution < 1.29 is 14.8 Å². The summed E-state index contributed by atoms with van der Waals surface area (Å²) in [5, 5.41) is 11.8. The fourth-order valence-electron chi connectivity index (χ4n) is 3.13. The number of hydroxylamine groups is 1. The molecule has 1 aliphatic rings. The molecule has 3 amide bonds. The molecule has 2 aromatic rings. The molecule has 0 radical (unpaired) electrons. The number of carbonyl (C=O) groups excluding carboxylic acids is 2. The third-order valence-corrected chi connectivity index (χ3v) is 5.81. The molecule has 0 saturated heterocycles. The van der Waals surface area contributed by atoms with E-state index < -0.39 is 5.91 Å². The summed E-state index contributed by atoms with van der Waals surface area (Å²) in [4.78, 5) is 27.5. The van der Waals surface area contributed by atoms with Crippen LogP contribution in [0.5, 0.6) is 0 Å². The monoisotopic (exact) mass is 359 g/mol. The van der Waals surface area contributed by atoms with E-state index in [0.29, 0.717) is 24.5 Å². The number of fused-ring (bicyclic) bond motifs is 1. The number of thiophene rings is 1. The summed E-state index contributed by atoms with van der Waals surface area (Å²) < 4.78 is 0. The molecule has 3 N–H and O–H groups in total. The van der Waals surface area contributed by atoms with Crippen molar-refractivity contribution in [1.29, 1.82) is 0 Å². The van der Waals surface area contributed by atoms with Gasteiger partial charge < -0.3 is 10.2 Å². The van der Waals surface area contributed by atoms with Gasteiger partial charge in [0, 0.05) is 29.9 Å². The third kappa shape index (κ3) is 3.67. The fraction of sp³-hybridized carbons (Fsp3) is 0.333.